The monoisotopic (exact) mass is 496 g/mol. The van der Waals surface area contributed by atoms with Crippen LogP contribution >= 0.6 is 50.7 Å². The second-order valence-corrected chi connectivity index (χ2v) is 10.0. The predicted octanol–water partition coefficient (Wildman–Crippen LogP) is 5.23. The molecular weight excluding hydrogens is 483 g/mol. The summed E-state index contributed by atoms with van der Waals surface area (Å²) in [4.78, 5) is 2.25. The van der Waals surface area contributed by atoms with Crippen molar-refractivity contribution in [1.82, 2.24) is 4.31 Å². The summed E-state index contributed by atoms with van der Waals surface area (Å²) in [6.45, 7) is 3.86. The van der Waals surface area contributed by atoms with E-state index in [4.69, 9.17) is 34.8 Å². The molecule has 0 aliphatic carbocycles. The van der Waals surface area contributed by atoms with E-state index < -0.39 is 10.0 Å². The lowest BCUT2D eigenvalue weighted by atomic mass is 10.2. The Morgan fingerprint density at radius 3 is 2.15 bits per heavy atom. The molecule has 0 spiro atoms. The van der Waals surface area contributed by atoms with Gasteiger partial charge in [-0.3, -0.25) is 0 Å². The molecule has 9 heteroatoms. The van der Waals surface area contributed by atoms with Gasteiger partial charge in [0.1, 0.15) is 0 Å². The maximum atomic E-state index is 13.0. The minimum atomic E-state index is -3.66. The molecule has 0 bridgehead atoms. The first-order chi connectivity index (χ1) is 12.2. The number of benzene rings is 2. The SMILES string of the molecule is Cc1ccc(N2CCN(S(=O)(=O)c3cc(Cl)c(Cl)cc3Br)CC2)cc1Cl. The molecule has 26 heavy (non-hydrogen) atoms. The van der Waals surface area contributed by atoms with Crippen molar-refractivity contribution >= 4 is 66.4 Å². The van der Waals surface area contributed by atoms with Crippen LogP contribution < -0.4 is 4.90 Å². The quantitative estimate of drug-likeness (QED) is 0.544. The topological polar surface area (TPSA) is 40.6 Å². The molecule has 0 atom stereocenters. The second-order valence-electron chi connectivity index (χ2n) is 6.02. The van der Waals surface area contributed by atoms with E-state index in [1.807, 2.05) is 25.1 Å². The molecule has 2 aromatic carbocycles. The standard InChI is InChI=1S/C17H16BrCl3N2O2S/c1-11-2-3-12(8-14(11)19)22-4-6-23(7-5-22)26(24,25)17-10-16(21)15(20)9-13(17)18/h2-3,8-10H,4-7H2,1H3. The van der Waals surface area contributed by atoms with Crippen LogP contribution in [0.25, 0.3) is 0 Å². The Kier molecular flexibility index (Phi) is 6.12. The Bertz CT molecular complexity index is 945. The minimum absolute atomic E-state index is 0.124. The molecule has 1 fully saturated rings. The van der Waals surface area contributed by atoms with E-state index in [2.05, 4.69) is 20.8 Å². The predicted molar refractivity (Wildman–Crippen MR) is 111 cm³/mol. The van der Waals surface area contributed by atoms with Crippen molar-refractivity contribution in [2.75, 3.05) is 31.1 Å². The third-order valence-electron chi connectivity index (χ3n) is 4.35. The van der Waals surface area contributed by atoms with Crippen LogP contribution in [0.5, 0.6) is 0 Å². The normalized spacial score (nSPS) is 16.1. The summed E-state index contributed by atoms with van der Waals surface area (Å²) in [5.74, 6) is 0. The van der Waals surface area contributed by atoms with Crippen molar-refractivity contribution in [3.63, 3.8) is 0 Å². The van der Waals surface area contributed by atoms with Gasteiger partial charge in [0, 0.05) is 41.4 Å². The maximum absolute atomic E-state index is 13.0. The number of hydrogen-bond donors (Lipinski definition) is 0. The smallest absolute Gasteiger partial charge is 0.244 e. The molecule has 140 valence electrons. The average molecular weight is 499 g/mol. The van der Waals surface area contributed by atoms with E-state index in [1.54, 1.807) is 0 Å². The summed E-state index contributed by atoms with van der Waals surface area (Å²) in [6.07, 6.45) is 0. The second kappa shape index (κ2) is 7.86. The van der Waals surface area contributed by atoms with Crippen molar-refractivity contribution in [3.8, 4) is 0 Å². The Labute approximate surface area is 176 Å². The Hall–Kier alpha value is -0.500. The Morgan fingerprint density at radius 1 is 0.923 bits per heavy atom. The summed E-state index contributed by atoms with van der Waals surface area (Å²) in [6, 6.07) is 8.77. The van der Waals surface area contributed by atoms with E-state index in [-0.39, 0.29) is 9.92 Å². The molecule has 0 radical (unpaired) electrons. The van der Waals surface area contributed by atoms with Crippen LogP contribution in [0.4, 0.5) is 5.69 Å². The van der Waals surface area contributed by atoms with Gasteiger partial charge in [0.05, 0.1) is 14.9 Å². The number of aryl methyl sites for hydroxylation is 1. The number of sulfonamides is 1. The molecule has 0 saturated carbocycles. The van der Waals surface area contributed by atoms with E-state index in [1.165, 1.54) is 16.4 Å². The van der Waals surface area contributed by atoms with Crippen molar-refractivity contribution in [1.29, 1.82) is 0 Å². The number of hydrogen-bond acceptors (Lipinski definition) is 3. The fourth-order valence-electron chi connectivity index (χ4n) is 2.81. The molecule has 3 rings (SSSR count). The van der Waals surface area contributed by atoms with Gasteiger partial charge >= 0.3 is 0 Å². The van der Waals surface area contributed by atoms with Crippen molar-refractivity contribution < 1.29 is 8.42 Å². The number of rotatable bonds is 3. The van der Waals surface area contributed by atoms with Crippen molar-refractivity contribution in [2.45, 2.75) is 11.8 Å². The van der Waals surface area contributed by atoms with Gasteiger partial charge in [-0.2, -0.15) is 4.31 Å². The third-order valence-corrected chi connectivity index (χ3v) is 8.34. The van der Waals surface area contributed by atoms with Gasteiger partial charge < -0.3 is 4.90 Å². The zero-order valence-corrected chi connectivity index (χ0v) is 18.5. The van der Waals surface area contributed by atoms with Crippen LogP contribution in [-0.2, 0) is 10.0 Å². The van der Waals surface area contributed by atoms with E-state index >= 15 is 0 Å². The van der Waals surface area contributed by atoms with Gasteiger partial charge in [0.25, 0.3) is 0 Å². The van der Waals surface area contributed by atoms with Gasteiger partial charge in [0.15, 0.2) is 0 Å². The van der Waals surface area contributed by atoms with Crippen LogP contribution in [0.15, 0.2) is 39.7 Å². The minimum Gasteiger partial charge on any atom is -0.369 e. The van der Waals surface area contributed by atoms with Gasteiger partial charge in [-0.1, -0.05) is 40.9 Å². The summed E-state index contributed by atoms with van der Waals surface area (Å²) in [5.41, 5.74) is 2.01. The lowest BCUT2D eigenvalue weighted by Gasteiger charge is -2.35. The van der Waals surface area contributed by atoms with E-state index in [0.717, 1.165) is 11.3 Å². The Balaban J connectivity index is 1.78. The molecule has 1 aliphatic heterocycles. The number of anilines is 1. The molecule has 0 aromatic heterocycles. The van der Waals surface area contributed by atoms with Gasteiger partial charge in [0.2, 0.25) is 10.0 Å². The zero-order chi connectivity index (χ0) is 19.1. The summed E-state index contributed by atoms with van der Waals surface area (Å²) < 4.78 is 27.8. The molecular formula is C17H16BrCl3N2O2S. The van der Waals surface area contributed by atoms with E-state index in [9.17, 15) is 8.42 Å². The first-order valence-electron chi connectivity index (χ1n) is 7.86. The molecule has 1 heterocycles. The molecule has 2 aromatic rings. The van der Waals surface area contributed by atoms with Crippen LogP contribution in [0.2, 0.25) is 15.1 Å². The molecule has 4 nitrogen and oxygen atoms in total. The Morgan fingerprint density at radius 2 is 1.54 bits per heavy atom. The number of nitrogens with zero attached hydrogens (tertiary/aromatic N) is 2. The molecule has 0 N–H and O–H groups in total. The summed E-state index contributed by atoms with van der Waals surface area (Å²) in [5, 5.41) is 1.22. The molecule has 1 saturated heterocycles. The molecule has 1 aliphatic rings. The van der Waals surface area contributed by atoms with Gasteiger partial charge in [-0.15, -0.1) is 0 Å². The van der Waals surface area contributed by atoms with Gasteiger partial charge in [-0.05, 0) is 52.7 Å². The van der Waals surface area contributed by atoms with Crippen molar-refractivity contribution in [3.05, 3.63) is 55.4 Å². The highest BCUT2D eigenvalue weighted by molar-refractivity contribution is 9.10. The number of piperazine rings is 1. The largest absolute Gasteiger partial charge is 0.369 e. The first-order valence-corrected chi connectivity index (χ1v) is 11.2. The molecule has 0 amide bonds. The molecule has 0 unspecified atom stereocenters. The van der Waals surface area contributed by atoms with E-state index in [0.29, 0.717) is 40.7 Å². The highest BCUT2D eigenvalue weighted by Crippen LogP contribution is 2.34. The van der Waals surface area contributed by atoms with Crippen LogP contribution in [0.3, 0.4) is 0 Å². The van der Waals surface area contributed by atoms with Crippen molar-refractivity contribution in [2.24, 2.45) is 0 Å². The van der Waals surface area contributed by atoms with Crippen LogP contribution in [0, 0.1) is 6.92 Å². The lowest BCUT2D eigenvalue weighted by molar-refractivity contribution is 0.384. The maximum Gasteiger partial charge on any atom is 0.244 e. The van der Waals surface area contributed by atoms with Gasteiger partial charge in [-0.25, -0.2) is 8.42 Å². The average Bonchev–Trinajstić information content (AvgIpc) is 2.60. The highest BCUT2D eigenvalue weighted by atomic mass is 79.9. The summed E-state index contributed by atoms with van der Waals surface area (Å²) in [7, 11) is -3.66. The lowest BCUT2D eigenvalue weighted by Crippen LogP contribution is -2.48. The fraction of sp³-hybridized carbons (Fsp3) is 0.294. The first kappa shape index (κ1) is 20.2. The van der Waals surface area contributed by atoms with Crippen LogP contribution in [-0.4, -0.2) is 38.9 Å². The number of halogens is 4. The zero-order valence-electron chi connectivity index (χ0n) is 13.8. The summed E-state index contributed by atoms with van der Waals surface area (Å²) >= 11 is 21.4. The fourth-order valence-corrected chi connectivity index (χ4v) is 5.96. The van der Waals surface area contributed by atoms with Crippen LogP contribution in [0.1, 0.15) is 5.56 Å². The third kappa shape index (κ3) is 4.01. The highest BCUT2D eigenvalue weighted by Gasteiger charge is 2.30.